The molecule has 0 saturated carbocycles. The number of aliphatic hydroxyl groups excluding tert-OH is 1. The van der Waals surface area contributed by atoms with Crippen molar-refractivity contribution in [1.82, 2.24) is 14.6 Å². The number of rotatable bonds is 15. The van der Waals surface area contributed by atoms with Gasteiger partial charge in [0.15, 0.2) is 11.3 Å². The maximum atomic E-state index is 14.5. The molecule has 0 amide bonds. The fourth-order valence-corrected chi connectivity index (χ4v) is 5.10. The maximum absolute atomic E-state index is 14.5. The molecule has 0 radical (unpaired) electrons. The van der Waals surface area contributed by atoms with Crippen molar-refractivity contribution in [2.45, 2.75) is 63.8 Å². The van der Waals surface area contributed by atoms with Crippen LogP contribution in [0.1, 0.15) is 33.3 Å². The summed E-state index contributed by atoms with van der Waals surface area (Å²) in [7, 11) is -3.57. The standard InChI is InChI=1S/C24H36FN4O10P/c1-15(2)38-20(31)16(3)28-40(35,39-18-8-6-17(12-26)7-9-18)37-14-24(13-25,36-5)21(32)23(4,34)29-11-10-19(30)27-22(29)33/h6-11,15-16,21,32,34H,12-14,26H2,1-5H3,(H,28,35)(H,27,30,33)/t16?,21-,23+,24+,40?/m0/s1. The van der Waals surface area contributed by atoms with E-state index in [9.17, 15) is 33.6 Å². The van der Waals surface area contributed by atoms with Crippen LogP contribution in [0.2, 0.25) is 0 Å². The van der Waals surface area contributed by atoms with E-state index in [2.05, 4.69) is 5.09 Å². The zero-order valence-corrected chi connectivity index (χ0v) is 23.7. The second-order valence-electron chi connectivity index (χ2n) is 9.43. The van der Waals surface area contributed by atoms with Crippen LogP contribution >= 0.6 is 7.75 Å². The minimum Gasteiger partial charge on any atom is -0.462 e. The summed E-state index contributed by atoms with van der Waals surface area (Å²) < 4.78 is 50.3. The van der Waals surface area contributed by atoms with Gasteiger partial charge in [0.25, 0.3) is 5.56 Å². The van der Waals surface area contributed by atoms with Crippen LogP contribution in [0.5, 0.6) is 5.75 Å². The Labute approximate surface area is 229 Å². The molecule has 2 rings (SSSR count). The van der Waals surface area contributed by atoms with Crippen LogP contribution in [0.3, 0.4) is 0 Å². The fraction of sp³-hybridized carbons (Fsp3) is 0.542. The third kappa shape index (κ3) is 8.07. The lowest BCUT2D eigenvalue weighted by Gasteiger charge is -2.42. The second-order valence-corrected chi connectivity index (χ2v) is 11.1. The van der Waals surface area contributed by atoms with Gasteiger partial charge in [0.1, 0.15) is 24.6 Å². The summed E-state index contributed by atoms with van der Waals surface area (Å²) >= 11 is 0. The molecule has 6 N–H and O–H groups in total. The highest BCUT2D eigenvalue weighted by Crippen LogP contribution is 2.46. The molecular formula is C24H36FN4O10P. The Morgan fingerprint density at radius 3 is 2.35 bits per heavy atom. The van der Waals surface area contributed by atoms with Crippen LogP contribution in [0, 0.1) is 0 Å². The van der Waals surface area contributed by atoms with Crippen LogP contribution < -0.4 is 26.6 Å². The van der Waals surface area contributed by atoms with Crippen molar-refractivity contribution in [3.63, 3.8) is 0 Å². The average molecular weight is 591 g/mol. The van der Waals surface area contributed by atoms with Crippen LogP contribution in [0.4, 0.5) is 4.39 Å². The Morgan fingerprint density at radius 1 is 1.23 bits per heavy atom. The van der Waals surface area contributed by atoms with Gasteiger partial charge in [-0.1, -0.05) is 12.1 Å². The molecule has 40 heavy (non-hydrogen) atoms. The van der Waals surface area contributed by atoms with E-state index in [0.29, 0.717) is 4.57 Å². The molecule has 0 fully saturated rings. The summed E-state index contributed by atoms with van der Waals surface area (Å²) in [6, 6.07) is 5.75. The number of H-pyrrole nitrogens is 1. The molecule has 1 aromatic heterocycles. The summed E-state index contributed by atoms with van der Waals surface area (Å²) in [5.74, 6) is -0.752. The van der Waals surface area contributed by atoms with Crippen LogP contribution in [-0.4, -0.2) is 70.0 Å². The van der Waals surface area contributed by atoms with Crippen molar-refractivity contribution in [3.05, 3.63) is 62.9 Å². The number of hydrogen-bond donors (Lipinski definition) is 5. The number of carbonyl (C=O) groups excluding carboxylic acids is 1. The number of nitrogens with two attached hydrogens (primary N) is 1. The monoisotopic (exact) mass is 590 g/mol. The predicted octanol–water partition coefficient (Wildman–Crippen LogP) is 0.509. The summed E-state index contributed by atoms with van der Waals surface area (Å²) in [6.07, 6.45) is -1.82. The first-order valence-electron chi connectivity index (χ1n) is 12.2. The number of aliphatic hydroxyl groups is 2. The molecule has 5 atom stereocenters. The van der Waals surface area contributed by atoms with E-state index >= 15 is 0 Å². The molecular weight excluding hydrogens is 554 g/mol. The molecule has 0 aliphatic carbocycles. The minimum atomic E-state index is -4.56. The van der Waals surface area contributed by atoms with Crippen molar-refractivity contribution >= 4 is 13.7 Å². The van der Waals surface area contributed by atoms with Crippen molar-refractivity contribution in [1.29, 1.82) is 0 Å². The Bertz CT molecular complexity index is 1290. The number of esters is 1. The normalized spacial score (nSPS) is 17.8. The summed E-state index contributed by atoms with van der Waals surface area (Å²) in [6.45, 7) is 3.26. The summed E-state index contributed by atoms with van der Waals surface area (Å²) in [5, 5.41) is 24.5. The molecule has 1 heterocycles. The average Bonchev–Trinajstić information content (AvgIpc) is 2.89. The molecule has 224 valence electrons. The zero-order chi connectivity index (χ0) is 30.3. The summed E-state index contributed by atoms with van der Waals surface area (Å²) in [4.78, 5) is 38.0. The van der Waals surface area contributed by atoms with Crippen LogP contribution in [-0.2, 0) is 35.6 Å². The van der Waals surface area contributed by atoms with Gasteiger partial charge in [-0.25, -0.2) is 13.8 Å². The first kappa shape index (κ1) is 33.3. The Balaban J connectivity index is 2.42. The van der Waals surface area contributed by atoms with Gasteiger partial charge in [-0.05, 0) is 45.4 Å². The lowest BCUT2D eigenvalue weighted by Crippen LogP contribution is -2.62. The van der Waals surface area contributed by atoms with E-state index in [0.717, 1.165) is 31.9 Å². The number of aromatic amines is 1. The van der Waals surface area contributed by atoms with Gasteiger partial charge >= 0.3 is 19.4 Å². The zero-order valence-electron chi connectivity index (χ0n) is 22.8. The minimum absolute atomic E-state index is 0.0352. The van der Waals surface area contributed by atoms with Gasteiger partial charge in [0, 0.05) is 25.9 Å². The number of nitrogens with one attached hydrogen (secondary N) is 2. The van der Waals surface area contributed by atoms with Crippen molar-refractivity contribution in [3.8, 4) is 5.75 Å². The fourth-order valence-electron chi connectivity index (χ4n) is 3.55. The number of halogens is 1. The number of carbonyl (C=O) groups is 1. The van der Waals surface area contributed by atoms with E-state index in [-0.39, 0.29) is 12.3 Å². The van der Waals surface area contributed by atoms with Gasteiger partial charge in [-0.15, -0.1) is 0 Å². The third-order valence-electron chi connectivity index (χ3n) is 5.88. The largest absolute Gasteiger partial charge is 0.462 e. The van der Waals surface area contributed by atoms with Gasteiger partial charge in [-0.3, -0.25) is 23.7 Å². The highest BCUT2D eigenvalue weighted by atomic mass is 31.2. The predicted molar refractivity (Wildman–Crippen MR) is 141 cm³/mol. The number of hydrogen-bond acceptors (Lipinski definition) is 11. The molecule has 2 aromatic rings. The quantitative estimate of drug-likeness (QED) is 0.142. The van der Waals surface area contributed by atoms with E-state index in [1.807, 2.05) is 4.98 Å². The molecule has 0 saturated heterocycles. The van der Waals surface area contributed by atoms with Crippen molar-refractivity contribution < 1.29 is 42.5 Å². The van der Waals surface area contributed by atoms with Crippen LogP contribution in [0.15, 0.2) is 46.1 Å². The van der Waals surface area contributed by atoms with E-state index in [4.69, 9.17) is 24.3 Å². The van der Waals surface area contributed by atoms with E-state index in [1.165, 1.54) is 19.1 Å². The number of alkyl halides is 1. The maximum Gasteiger partial charge on any atom is 0.459 e. The SMILES string of the molecule is CO[C@](CF)(COP(=O)(NC(C)C(=O)OC(C)C)Oc1ccc(CN)cc1)[C@@H](O)[C@@](C)(O)n1ccc(=O)[nH]c1=O. The third-order valence-corrected chi connectivity index (χ3v) is 7.51. The molecule has 16 heteroatoms. The Kier molecular flexibility index (Phi) is 11.3. The first-order chi connectivity index (χ1) is 18.6. The van der Waals surface area contributed by atoms with Crippen molar-refractivity contribution in [2.24, 2.45) is 5.73 Å². The van der Waals surface area contributed by atoms with Gasteiger partial charge in [-0.2, -0.15) is 5.09 Å². The highest BCUT2D eigenvalue weighted by molar-refractivity contribution is 7.52. The second kappa shape index (κ2) is 13.6. The number of ether oxygens (including phenoxy) is 2. The smallest absolute Gasteiger partial charge is 0.459 e. The Hall–Kier alpha value is -2.91. The van der Waals surface area contributed by atoms with E-state index < -0.39 is 67.8 Å². The lowest BCUT2D eigenvalue weighted by molar-refractivity contribution is -0.226. The Morgan fingerprint density at radius 2 is 1.85 bits per heavy atom. The molecule has 2 unspecified atom stereocenters. The number of benzene rings is 1. The molecule has 14 nitrogen and oxygen atoms in total. The topological polar surface area (TPSA) is 204 Å². The highest BCUT2D eigenvalue weighted by Gasteiger charge is 2.52. The van der Waals surface area contributed by atoms with Crippen LogP contribution in [0.25, 0.3) is 0 Å². The first-order valence-corrected chi connectivity index (χ1v) is 13.7. The molecule has 0 spiro atoms. The molecule has 0 bridgehead atoms. The molecule has 0 aliphatic heterocycles. The summed E-state index contributed by atoms with van der Waals surface area (Å²) in [5.41, 5.74) is -0.519. The lowest BCUT2D eigenvalue weighted by atomic mass is 9.90. The van der Waals surface area contributed by atoms with Crippen molar-refractivity contribution in [2.75, 3.05) is 20.4 Å². The van der Waals surface area contributed by atoms with E-state index in [1.54, 1.807) is 26.0 Å². The number of aromatic nitrogens is 2. The van der Waals surface area contributed by atoms with Gasteiger partial charge in [0.2, 0.25) is 0 Å². The number of methoxy groups -OCH3 is 1. The molecule has 0 aliphatic rings. The van der Waals surface area contributed by atoms with Gasteiger partial charge < -0.3 is 29.9 Å². The number of nitrogens with zero attached hydrogens (tertiary/aromatic N) is 1. The molecule has 1 aromatic carbocycles. The van der Waals surface area contributed by atoms with Gasteiger partial charge in [0.05, 0.1) is 12.7 Å².